The van der Waals surface area contributed by atoms with Crippen LogP contribution in [0.5, 0.6) is 17.2 Å². The Bertz CT molecular complexity index is 1230. The molecule has 3 aromatic carbocycles. The van der Waals surface area contributed by atoms with Crippen molar-refractivity contribution in [1.82, 2.24) is 0 Å². The van der Waals surface area contributed by atoms with Crippen LogP contribution in [0.3, 0.4) is 0 Å². The van der Waals surface area contributed by atoms with E-state index >= 15 is 0 Å². The van der Waals surface area contributed by atoms with E-state index in [2.05, 4.69) is 5.32 Å². The molecule has 168 valence electrons. The van der Waals surface area contributed by atoms with E-state index in [-0.39, 0.29) is 30.1 Å². The lowest BCUT2D eigenvalue weighted by molar-refractivity contribution is -0.130. The maximum absolute atomic E-state index is 13.6. The third kappa shape index (κ3) is 4.67. The molecule has 7 nitrogen and oxygen atoms in total. The maximum Gasteiger partial charge on any atom is 0.336 e. The van der Waals surface area contributed by atoms with Gasteiger partial charge in [0.1, 0.15) is 5.75 Å². The molecular weight excluding hydrogens is 422 g/mol. The van der Waals surface area contributed by atoms with Crippen molar-refractivity contribution in [2.24, 2.45) is 0 Å². The van der Waals surface area contributed by atoms with Crippen molar-refractivity contribution in [3.8, 4) is 17.2 Å². The summed E-state index contributed by atoms with van der Waals surface area (Å²) in [4.78, 5) is 26.1. The standard InChI is InChI=1S/C26H23NO6/c1-27-19-5-3-4-16(12-19)13-21(25(28)17-6-9-20(31-2)10-7-17)24(26(29)30)18-8-11-22-23(14-18)33-15-32-22/h3-12,14,27H,13,15H2,1-2H3,(H,29,30). The van der Waals surface area contributed by atoms with Gasteiger partial charge < -0.3 is 24.6 Å². The molecule has 3 aromatic rings. The molecule has 7 heteroatoms. The lowest BCUT2D eigenvalue weighted by atomic mass is 9.89. The lowest BCUT2D eigenvalue weighted by Crippen LogP contribution is -2.14. The van der Waals surface area contributed by atoms with Crippen molar-refractivity contribution >= 4 is 23.0 Å². The number of allylic oxidation sites excluding steroid dienone is 1. The number of carboxylic acids is 1. The van der Waals surface area contributed by atoms with Crippen LogP contribution >= 0.6 is 0 Å². The van der Waals surface area contributed by atoms with Gasteiger partial charge in [0.15, 0.2) is 17.3 Å². The minimum absolute atomic E-state index is 0.0688. The Morgan fingerprint density at radius 3 is 2.39 bits per heavy atom. The van der Waals surface area contributed by atoms with Gasteiger partial charge in [-0.15, -0.1) is 0 Å². The van der Waals surface area contributed by atoms with Gasteiger partial charge in [0.05, 0.1) is 12.7 Å². The average Bonchev–Trinajstić information content (AvgIpc) is 3.31. The number of aliphatic carboxylic acids is 1. The summed E-state index contributed by atoms with van der Waals surface area (Å²) in [5.74, 6) is 0.0130. The van der Waals surface area contributed by atoms with Crippen LogP contribution in [0.4, 0.5) is 5.69 Å². The number of ketones is 1. The largest absolute Gasteiger partial charge is 0.497 e. The first kappa shape index (κ1) is 22.0. The molecule has 4 rings (SSSR count). The highest BCUT2D eigenvalue weighted by atomic mass is 16.7. The number of hydrogen-bond acceptors (Lipinski definition) is 6. The number of Topliss-reactive ketones (excluding diaryl/α,β-unsaturated/α-hetero) is 1. The first-order chi connectivity index (χ1) is 16.0. The van der Waals surface area contributed by atoms with Crippen LogP contribution in [0.2, 0.25) is 0 Å². The maximum atomic E-state index is 13.6. The SMILES string of the molecule is CNc1cccc(CC(C(=O)c2ccc(OC)cc2)=C(C(=O)O)c2ccc3c(c2)OCO3)c1. The molecule has 0 atom stereocenters. The van der Waals surface area contributed by atoms with E-state index < -0.39 is 5.97 Å². The predicted octanol–water partition coefficient (Wildman–Crippen LogP) is 4.43. The van der Waals surface area contributed by atoms with Crippen molar-refractivity contribution in [2.75, 3.05) is 26.3 Å². The molecule has 0 fully saturated rings. The molecule has 0 radical (unpaired) electrons. The fraction of sp³-hybridized carbons (Fsp3) is 0.154. The second-order valence-corrected chi connectivity index (χ2v) is 7.41. The van der Waals surface area contributed by atoms with Crippen molar-refractivity contribution in [1.29, 1.82) is 0 Å². The molecule has 0 spiro atoms. The summed E-state index contributed by atoms with van der Waals surface area (Å²) in [6.07, 6.45) is 0.135. The average molecular weight is 445 g/mol. The first-order valence-corrected chi connectivity index (χ1v) is 10.3. The van der Waals surface area contributed by atoms with Gasteiger partial charge in [0.2, 0.25) is 6.79 Å². The Labute approximate surface area is 191 Å². The van der Waals surface area contributed by atoms with Gasteiger partial charge in [0.25, 0.3) is 0 Å². The van der Waals surface area contributed by atoms with Crippen molar-refractivity contribution in [2.45, 2.75) is 6.42 Å². The van der Waals surface area contributed by atoms with Crippen LogP contribution in [0.1, 0.15) is 21.5 Å². The molecule has 1 heterocycles. The summed E-state index contributed by atoms with van der Waals surface area (Å²) < 4.78 is 15.9. The number of carbonyl (C=O) groups excluding carboxylic acids is 1. The highest BCUT2D eigenvalue weighted by molar-refractivity contribution is 6.26. The number of rotatable bonds is 8. The molecule has 0 aromatic heterocycles. The van der Waals surface area contributed by atoms with E-state index in [0.29, 0.717) is 28.4 Å². The van der Waals surface area contributed by atoms with Gasteiger partial charge in [-0.05, 0) is 59.7 Å². The molecule has 0 saturated heterocycles. The second kappa shape index (κ2) is 9.48. The van der Waals surface area contributed by atoms with Crippen LogP contribution in [0.15, 0.2) is 72.3 Å². The molecule has 0 aliphatic carbocycles. The van der Waals surface area contributed by atoms with Gasteiger partial charge in [-0.2, -0.15) is 0 Å². The quantitative estimate of drug-likeness (QED) is 0.391. The van der Waals surface area contributed by atoms with E-state index in [1.807, 2.05) is 24.3 Å². The molecule has 2 N–H and O–H groups in total. The second-order valence-electron chi connectivity index (χ2n) is 7.41. The monoisotopic (exact) mass is 445 g/mol. The van der Waals surface area contributed by atoms with Crippen LogP contribution in [0.25, 0.3) is 5.57 Å². The molecule has 33 heavy (non-hydrogen) atoms. The van der Waals surface area contributed by atoms with E-state index in [1.165, 1.54) is 0 Å². The third-order valence-corrected chi connectivity index (χ3v) is 5.40. The Balaban J connectivity index is 1.86. The molecule has 1 aliphatic heterocycles. The van der Waals surface area contributed by atoms with Gasteiger partial charge in [-0.25, -0.2) is 4.79 Å². The highest BCUT2D eigenvalue weighted by Gasteiger charge is 2.26. The van der Waals surface area contributed by atoms with Crippen LogP contribution < -0.4 is 19.5 Å². The number of nitrogens with one attached hydrogen (secondary N) is 1. The van der Waals surface area contributed by atoms with Gasteiger partial charge in [-0.3, -0.25) is 4.79 Å². The fourth-order valence-electron chi connectivity index (χ4n) is 3.72. The number of hydrogen-bond donors (Lipinski definition) is 2. The fourth-order valence-corrected chi connectivity index (χ4v) is 3.72. The van der Waals surface area contributed by atoms with Crippen LogP contribution in [-0.4, -0.2) is 37.8 Å². The highest BCUT2D eigenvalue weighted by Crippen LogP contribution is 2.36. The topological polar surface area (TPSA) is 94.1 Å². The Kier molecular flexibility index (Phi) is 6.31. The smallest absolute Gasteiger partial charge is 0.336 e. The molecule has 0 amide bonds. The summed E-state index contributed by atoms with van der Waals surface area (Å²) in [5.41, 5.74) is 2.49. The van der Waals surface area contributed by atoms with E-state index in [1.54, 1.807) is 56.6 Å². The van der Waals surface area contributed by atoms with Crippen molar-refractivity contribution in [3.05, 3.63) is 89.0 Å². The zero-order chi connectivity index (χ0) is 23.4. The van der Waals surface area contributed by atoms with Crippen LogP contribution in [-0.2, 0) is 11.2 Å². The van der Waals surface area contributed by atoms with Crippen LogP contribution in [0, 0.1) is 0 Å². The number of anilines is 1. The lowest BCUT2D eigenvalue weighted by Gasteiger charge is -2.14. The van der Waals surface area contributed by atoms with E-state index in [4.69, 9.17) is 14.2 Å². The number of carboxylic acid groups (broad SMARTS) is 1. The Hall–Kier alpha value is -4.26. The number of benzene rings is 3. The molecule has 0 unspecified atom stereocenters. The molecule has 0 saturated carbocycles. The summed E-state index contributed by atoms with van der Waals surface area (Å²) in [5, 5.41) is 13.3. The normalized spacial score (nSPS) is 12.7. The Morgan fingerprint density at radius 1 is 0.970 bits per heavy atom. The van der Waals surface area contributed by atoms with E-state index in [9.17, 15) is 14.7 Å². The minimum atomic E-state index is -1.20. The summed E-state index contributed by atoms with van der Waals surface area (Å²) >= 11 is 0. The van der Waals surface area contributed by atoms with E-state index in [0.717, 1.165) is 11.3 Å². The van der Waals surface area contributed by atoms with Crippen molar-refractivity contribution in [3.63, 3.8) is 0 Å². The number of ether oxygens (including phenoxy) is 3. The molecular formula is C26H23NO6. The van der Waals surface area contributed by atoms with Gasteiger partial charge in [0, 0.05) is 30.3 Å². The minimum Gasteiger partial charge on any atom is -0.497 e. The van der Waals surface area contributed by atoms with Gasteiger partial charge >= 0.3 is 5.97 Å². The third-order valence-electron chi connectivity index (χ3n) is 5.40. The molecule has 0 bridgehead atoms. The summed E-state index contributed by atoms with van der Waals surface area (Å²) in [6, 6.07) is 19.0. The number of carbonyl (C=O) groups is 2. The van der Waals surface area contributed by atoms with Gasteiger partial charge in [-0.1, -0.05) is 18.2 Å². The Morgan fingerprint density at radius 2 is 1.70 bits per heavy atom. The number of fused-ring (bicyclic) bond motifs is 1. The summed E-state index contributed by atoms with van der Waals surface area (Å²) in [6.45, 7) is 0.0688. The zero-order valence-corrected chi connectivity index (χ0v) is 18.3. The predicted molar refractivity (Wildman–Crippen MR) is 124 cm³/mol. The van der Waals surface area contributed by atoms with Crippen molar-refractivity contribution < 1.29 is 28.9 Å². The zero-order valence-electron chi connectivity index (χ0n) is 18.3. The molecule has 1 aliphatic rings. The first-order valence-electron chi connectivity index (χ1n) is 10.3. The number of methoxy groups -OCH3 is 1. The summed E-state index contributed by atoms with van der Waals surface area (Å²) in [7, 11) is 3.34.